The Morgan fingerprint density at radius 2 is 1.93 bits per heavy atom. The highest BCUT2D eigenvalue weighted by molar-refractivity contribution is 5.91. The monoisotopic (exact) mass is 409 g/mol. The fourth-order valence-corrected chi connectivity index (χ4v) is 3.68. The lowest BCUT2D eigenvalue weighted by molar-refractivity contribution is 0.152. The minimum Gasteiger partial charge on any atom is -0.495 e. The smallest absolute Gasteiger partial charge is 0.322 e. The predicted octanol–water partition coefficient (Wildman–Crippen LogP) is 4.82. The van der Waals surface area contributed by atoms with Crippen LogP contribution in [-0.2, 0) is 17.7 Å². The van der Waals surface area contributed by atoms with Gasteiger partial charge in [-0.05, 0) is 62.4 Å². The zero-order chi connectivity index (χ0) is 21.7. The topological polar surface area (TPSA) is 63.7 Å². The molecule has 0 spiro atoms. The number of nitrogens with one attached hydrogen (secondary N) is 1. The van der Waals surface area contributed by atoms with Gasteiger partial charge in [-0.1, -0.05) is 23.8 Å². The first-order valence-electron chi connectivity index (χ1n) is 10.3. The van der Waals surface area contributed by atoms with E-state index in [1.54, 1.807) is 19.1 Å². The second kappa shape index (κ2) is 9.76. The predicted molar refractivity (Wildman–Crippen MR) is 120 cm³/mol. The van der Waals surface area contributed by atoms with Crippen LogP contribution in [-0.4, -0.2) is 43.3 Å². The van der Waals surface area contributed by atoms with Crippen LogP contribution < -0.4 is 10.1 Å². The van der Waals surface area contributed by atoms with E-state index in [2.05, 4.69) is 25.2 Å². The van der Waals surface area contributed by atoms with E-state index in [1.165, 1.54) is 16.7 Å². The summed E-state index contributed by atoms with van der Waals surface area (Å²) in [5.41, 5.74) is 7.69. The number of carbonyl (C=O) groups excluding carboxylic acids is 1. The van der Waals surface area contributed by atoms with Crippen molar-refractivity contribution in [1.29, 1.82) is 0 Å². The number of pyridine rings is 1. The van der Waals surface area contributed by atoms with Gasteiger partial charge < -0.3 is 19.7 Å². The molecule has 0 radical (unpaired) electrons. The Labute approximate surface area is 178 Å². The number of fused-ring (bicyclic) bond motifs is 1. The molecule has 2 aromatic rings. The van der Waals surface area contributed by atoms with Crippen molar-refractivity contribution in [2.75, 3.05) is 32.7 Å². The third-order valence-electron chi connectivity index (χ3n) is 5.72. The van der Waals surface area contributed by atoms with E-state index >= 15 is 0 Å². The van der Waals surface area contributed by atoms with Crippen LogP contribution in [0.15, 0.2) is 35.9 Å². The number of anilines is 1. The summed E-state index contributed by atoms with van der Waals surface area (Å²) in [5.74, 6) is 0.627. The molecule has 1 N–H and O–H groups in total. The fourth-order valence-electron chi connectivity index (χ4n) is 3.68. The normalized spacial score (nSPS) is 13.1. The first kappa shape index (κ1) is 21.8. The van der Waals surface area contributed by atoms with Crippen LogP contribution in [0.3, 0.4) is 0 Å². The average molecular weight is 410 g/mol. The molecule has 1 aliphatic rings. The summed E-state index contributed by atoms with van der Waals surface area (Å²) in [7, 11) is 3.23. The quantitative estimate of drug-likeness (QED) is 0.712. The standard InChI is InChI=1S/C24H31N3O3/c1-16-10-11-19-14-20(18(3)25-23(19)17(16)2)15-27(12-13-29-4)24(28)26-21-8-6-7-9-22(21)30-5/h6-9,14H,10-13,15H2,1-5H3,(H,26,28). The minimum absolute atomic E-state index is 0.194. The van der Waals surface area contributed by atoms with Gasteiger partial charge >= 0.3 is 6.03 Å². The van der Waals surface area contributed by atoms with Gasteiger partial charge in [0.05, 0.1) is 25.1 Å². The van der Waals surface area contributed by atoms with Gasteiger partial charge in [-0.3, -0.25) is 4.98 Å². The number of aromatic nitrogens is 1. The zero-order valence-corrected chi connectivity index (χ0v) is 18.5. The van der Waals surface area contributed by atoms with Crippen molar-refractivity contribution in [3.63, 3.8) is 0 Å². The number of methoxy groups -OCH3 is 2. The number of nitrogens with zero attached hydrogens (tertiary/aromatic N) is 2. The van der Waals surface area contributed by atoms with Gasteiger partial charge in [0.25, 0.3) is 0 Å². The van der Waals surface area contributed by atoms with Crippen LogP contribution in [0, 0.1) is 6.92 Å². The van der Waals surface area contributed by atoms with E-state index in [9.17, 15) is 4.79 Å². The molecular weight excluding hydrogens is 378 g/mol. The van der Waals surface area contributed by atoms with Crippen molar-refractivity contribution >= 4 is 17.3 Å². The highest BCUT2D eigenvalue weighted by Crippen LogP contribution is 2.31. The molecule has 0 saturated heterocycles. The van der Waals surface area contributed by atoms with Gasteiger partial charge in [-0.2, -0.15) is 0 Å². The van der Waals surface area contributed by atoms with E-state index in [1.807, 2.05) is 31.2 Å². The summed E-state index contributed by atoms with van der Waals surface area (Å²) in [6.07, 6.45) is 2.05. The van der Waals surface area contributed by atoms with Crippen LogP contribution in [0.1, 0.15) is 42.8 Å². The van der Waals surface area contributed by atoms with E-state index in [0.717, 1.165) is 29.8 Å². The van der Waals surface area contributed by atoms with Gasteiger partial charge in [0, 0.05) is 25.9 Å². The van der Waals surface area contributed by atoms with Gasteiger partial charge in [0.2, 0.25) is 0 Å². The molecular formula is C24H31N3O3. The number of benzene rings is 1. The molecule has 2 amide bonds. The number of amides is 2. The van der Waals surface area contributed by atoms with Crippen molar-refractivity contribution in [3.8, 4) is 5.75 Å². The molecule has 1 aliphatic carbocycles. The van der Waals surface area contributed by atoms with Gasteiger partial charge in [-0.25, -0.2) is 4.79 Å². The van der Waals surface area contributed by atoms with Crippen molar-refractivity contribution in [1.82, 2.24) is 9.88 Å². The van der Waals surface area contributed by atoms with Crippen LogP contribution in [0.4, 0.5) is 10.5 Å². The number of hydrogen-bond acceptors (Lipinski definition) is 4. The Balaban J connectivity index is 1.84. The van der Waals surface area contributed by atoms with Gasteiger partial charge in [0.15, 0.2) is 0 Å². The molecule has 0 saturated carbocycles. The molecule has 30 heavy (non-hydrogen) atoms. The SMILES string of the molecule is COCCN(Cc1cc2c(nc1C)C(C)=C(C)CC2)C(=O)Nc1ccccc1OC. The van der Waals surface area contributed by atoms with Crippen LogP contribution >= 0.6 is 0 Å². The summed E-state index contributed by atoms with van der Waals surface area (Å²) in [6, 6.07) is 9.41. The Hall–Kier alpha value is -2.86. The Morgan fingerprint density at radius 1 is 1.17 bits per heavy atom. The largest absolute Gasteiger partial charge is 0.495 e. The van der Waals surface area contributed by atoms with Crippen molar-refractivity contribution in [2.24, 2.45) is 0 Å². The molecule has 0 unspecified atom stereocenters. The number of carbonyl (C=O) groups is 1. The van der Waals surface area contributed by atoms with E-state index in [4.69, 9.17) is 14.5 Å². The maximum atomic E-state index is 13.1. The van der Waals surface area contributed by atoms with Crippen LogP contribution in [0.5, 0.6) is 5.75 Å². The molecule has 160 valence electrons. The van der Waals surface area contributed by atoms with Gasteiger partial charge in [0.1, 0.15) is 5.75 Å². The molecule has 0 bridgehead atoms. The third kappa shape index (κ3) is 4.82. The molecule has 1 heterocycles. The number of allylic oxidation sites excluding steroid dienone is 2. The number of aryl methyl sites for hydroxylation is 2. The second-order valence-electron chi connectivity index (χ2n) is 7.69. The minimum atomic E-state index is -0.194. The van der Waals surface area contributed by atoms with Crippen molar-refractivity contribution < 1.29 is 14.3 Å². The lowest BCUT2D eigenvalue weighted by atomic mass is 9.89. The Morgan fingerprint density at radius 3 is 2.67 bits per heavy atom. The number of ether oxygens (including phenoxy) is 2. The maximum absolute atomic E-state index is 13.1. The first-order valence-corrected chi connectivity index (χ1v) is 10.3. The maximum Gasteiger partial charge on any atom is 0.322 e. The molecule has 6 nitrogen and oxygen atoms in total. The van der Waals surface area contributed by atoms with E-state index in [0.29, 0.717) is 31.1 Å². The Bertz CT molecular complexity index is 953. The summed E-state index contributed by atoms with van der Waals surface area (Å²) in [6.45, 7) is 7.74. The van der Waals surface area contributed by atoms with Crippen LogP contribution in [0.2, 0.25) is 0 Å². The van der Waals surface area contributed by atoms with E-state index < -0.39 is 0 Å². The number of rotatable bonds is 7. The highest BCUT2D eigenvalue weighted by Gasteiger charge is 2.20. The molecule has 0 aliphatic heterocycles. The lowest BCUT2D eigenvalue weighted by Gasteiger charge is -2.26. The Kier molecular flexibility index (Phi) is 7.11. The summed E-state index contributed by atoms with van der Waals surface area (Å²) >= 11 is 0. The molecule has 0 atom stereocenters. The number of urea groups is 1. The third-order valence-corrected chi connectivity index (χ3v) is 5.72. The van der Waals surface area contributed by atoms with Crippen LogP contribution in [0.25, 0.3) is 5.57 Å². The highest BCUT2D eigenvalue weighted by atomic mass is 16.5. The van der Waals surface area contributed by atoms with Gasteiger partial charge in [-0.15, -0.1) is 0 Å². The number of hydrogen-bond donors (Lipinski definition) is 1. The molecule has 0 fully saturated rings. The average Bonchev–Trinajstić information content (AvgIpc) is 2.75. The molecule has 1 aromatic heterocycles. The molecule has 3 rings (SSSR count). The molecule has 1 aromatic carbocycles. The number of para-hydroxylation sites is 2. The summed E-state index contributed by atoms with van der Waals surface area (Å²) in [4.78, 5) is 19.7. The van der Waals surface area contributed by atoms with E-state index in [-0.39, 0.29) is 6.03 Å². The first-order chi connectivity index (χ1) is 14.4. The zero-order valence-electron chi connectivity index (χ0n) is 18.5. The lowest BCUT2D eigenvalue weighted by Crippen LogP contribution is -2.37. The molecule has 6 heteroatoms. The second-order valence-corrected chi connectivity index (χ2v) is 7.69. The van der Waals surface area contributed by atoms with Crippen molar-refractivity contribution in [3.05, 3.63) is 58.4 Å². The van der Waals surface area contributed by atoms with Crippen molar-refractivity contribution in [2.45, 2.75) is 40.2 Å². The summed E-state index contributed by atoms with van der Waals surface area (Å²) in [5, 5.41) is 2.96. The summed E-state index contributed by atoms with van der Waals surface area (Å²) < 4.78 is 10.6. The fraction of sp³-hybridized carbons (Fsp3) is 0.417.